The van der Waals surface area contributed by atoms with Gasteiger partial charge in [0, 0.05) is 5.92 Å². The number of benzene rings is 3. The van der Waals surface area contributed by atoms with Crippen LogP contribution in [0.25, 0.3) is 5.69 Å². The van der Waals surface area contributed by atoms with Gasteiger partial charge in [0.05, 0.1) is 42.4 Å². The molecule has 1 saturated heterocycles. The summed E-state index contributed by atoms with van der Waals surface area (Å²) in [7, 11) is 1.45. The molecule has 2 aliphatic heterocycles. The summed E-state index contributed by atoms with van der Waals surface area (Å²) in [5.41, 5.74) is 0.0703. The van der Waals surface area contributed by atoms with E-state index in [1.807, 2.05) is 12.1 Å². The number of amides is 2. The number of imide groups is 1. The summed E-state index contributed by atoms with van der Waals surface area (Å²) >= 11 is 0. The fourth-order valence-corrected chi connectivity index (χ4v) is 7.16. The molecule has 3 heterocycles. The minimum absolute atomic E-state index is 0.102. The van der Waals surface area contributed by atoms with Gasteiger partial charge in [-0.3, -0.25) is 9.59 Å². The van der Waals surface area contributed by atoms with Gasteiger partial charge in [-0.15, -0.1) is 0 Å². The zero-order chi connectivity index (χ0) is 29.3. The van der Waals surface area contributed by atoms with Crippen LogP contribution < -0.4 is 21.0 Å². The van der Waals surface area contributed by atoms with E-state index in [9.17, 15) is 24.3 Å². The molecule has 3 aliphatic rings. The molecular weight excluding hydrogens is 536 g/mol. The van der Waals surface area contributed by atoms with Gasteiger partial charge < -0.3 is 9.84 Å². The van der Waals surface area contributed by atoms with Crippen molar-refractivity contribution in [3.05, 3.63) is 117 Å². The average Bonchev–Trinajstić information content (AvgIpc) is 3.37. The Kier molecular flexibility index (Phi) is 5.66. The van der Waals surface area contributed by atoms with Crippen molar-refractivity contribution < 1.29 is 19.4 Å². The Balaban J connectivity index is 1.44. The first-order valence-electron chi connectivity index (χ1n) is 13.8. The number of rotatable bonds is 4. The zero-order valence-corrected chi connectivity index (χ0v) is 23.0. The number of methoxy groups -OCH3 is 1. The van der Waals surface area contributed by atoms with Crippen molar-refractivity contribution in [1.29, 1.82) is 0 Å². The largest absolute Gasteiger partial charge is 0.504 e. The summed E-state index contributed by atoms with van der Waals surface area (Å²) in [6, 6.07) is 21.8. The number of hydrogen-bond acceptors (Lipinski definition) is 6. The van der Waals surface area contributed by atoms with E-state index in [-0.39, 0.29) is 36.3 Å². The lowest BCUT2D eigenvalue weighted by Crippen LogP contribution is -2.49. The van der Waals surface area contributed by atoms with Crippen molar-refractivity contribution in [1.82, 2.24) is 13.9 Å². The minimum Gasteiger partial charge on any atom is -0.504 e. The number of anilines is 1. The van der Waals surface area contributed by atoms with Crippen LogP contribution in [0.4, 0.5) is 5.69 Å². The van der Waals surface area contributed by atoms with Crippen LogP contribution >= 0.6 is 0 Å². The highest BCUT2D eigenvalue weighted by atomic mass is 16.5. The monoisotopic (exact) mass is 564 g/mol. The Bertz CT molecular complexity index is 1900. The molecule has 3 aromatic carbocycles. The minimum atomic E-state index is -1.22. The molecule has 7 rings (SSSR count). The molecule has 1 N–H and O–H groups in total. The third-order valence-corrected chi connectivity index (χ3v) is 9.10. The number of ether oxygens (including phenoxy) is 1. The van der Waals surface area contributed by atoms with Crippen LogP contribution in [0.1, 0.15) is 30.9 Å². The number of allylic oxidation sites excluding steroid dienone is 2. The SMILES string of the molecule is COc1ccc([C@H]2C3=CCn4c(=O)n(-c5ccccc5)c(=O)n4[C@@H]3C[C@H]3C(=O)N(c4ccccc4)C(=O)[C@@]23C)cc1O. The van der Waals surface area contributed by atoms with Gasteiger partial charge in [-0.25, -0.2) is 28.4 Å². The highest BCUT2D eigenvalue weighted by Crippen LogP contribution is 2.61. The first-order valence-corrected chi connectivity index (χ1v) is 13.8. The van der Waals surface area contributed by atoms with E-state index < -0.39 is 34.7 Å². The summed E-state index contributed by atoms with van der Waals surface area (Å²) in [5.74, 6) is -2.00. The van der Waals surface area contributed by atoms with Gasteiger partial charge in [0.15, 0.2) is 11.5 Å². The van der Waals surface area contributed by atoms with Crippen LogP contribution in [-0.4, -0.2) is 38.0 Å². The molecule has 1 aliphatic carbocycles. The van der Waals surface area contributed by atoms with Crippen molar-refractivity contribution >= 4 is 17.5 Å². The number of para-hydroxylation sites is 2. The summed E-state index contributed by atoms with van der Waals surface area (Å²) in [4.78, 5) is 57.2. The lowest BCUT2D eigenvalue weighted by atomic mass is 9.56. The number of aromatic nitrogens is 3. The number of aromatic hydroxyl groups is 1. The second-order valence-electron chi connectivity index (χ2n) is 11.1. The van der Waals surface area contributed by atoms with E-state index in [4.69, 9.17) is 4.74 Å². The number of phenolic OH excluding ortho intramolecular Hbond substituents is 1. The Morgan fingerprint density at radius 1 is 0.881 bits per heavy atom. The Morgan fingerprint density at radius 2 is 1.55 bits per heavy atom. The molecule has 4 aromatic rings. The second kappa shape index (κ2) is 9.20. The Hall–Kier alpha value is -5.12. The quantitative estimate of drug-likeness (QED) is 0.300. The summed E-state index contributed by atoms with van der Waals surface area (Å²) in [6.45, 7) is 1.91. The standard InChI is InChI=1S/C32H28N4O6/c1-32-23(28(38)34(29(32)39)20-9-5-3-6-10-20)18-24-22(27(32)19-13-14-26(42-2)25(37)17-19)15-16-33-30(40)35(31(41)36(24)33)21-11-7-4-8-12-21/h3-15,17,23-24,27,37H,16,18H2,1-2H3/t23-,24+,27-,32+/m0/s1. The zero-order valence-electron chi connectivity index (χ0n) is 23.0. The molecule has 0 bridgehead atoms. The molecule has 1 saturated carbocycles. The molecule has 10 nitrogen and oxygen atoms in total. The first kappa shape index (κ1) is 25.8. The van der Waals surface area contributed by atoms with Crippen molar-refractivity contribution in [3.8, 4) is 17.2 Å². The summed E-state index contributed by atoms with van der Waals surface area (Å²) in [5, 5.41) is 10.7. The van der Waals surface area contributed by atoms with Crippen LogP contribution in [0.3, 0.4) is 0 Å². The predicted molar refractivity (Wildman–Crippen MR) is 154 cm³/mol. The van der Waals surface area contributed by atoms with Gasteiger partial charge in [0.1, 0.15) is 0 Å². The second-order valence-corrected chi connectivity index (χ2v) is 11.1. The molecule has 0 radical (unpaired) electrons. The molecule has 2 fully saturated rings. The Labute approximate surface area is 240 Å². The molecule has 42 heavy (non-hydrogen) atoms. The molecule has 2 amide bonds. The summed E-state index contributed by atoms with van der Waals surface area (Å²) < 4.78 is 9.22. The van der Waals surface area contributed by atoms with Crippen molar-refractivity contribution in [2.24, 2.45) is 11.3 Å². The van der Waals surface area contributed by atoms with Gasteiger partial charge in [-0.05, 0) is 60.9 Å². The summed E-state index contributed by atoms with van der Waals surface area (Å²) in [6.07, 6.45) is 2.05. The van der Waals surface area contributed by atoms with Crippen molar-refractivity contribution in [2.75, 3.05) is 12.0 Å². The molecule has 1 aromatic heterocycles. The highest BCUT2D eigenvalue weighted by molar-refractivity contribution is 6.24. The molecule has 10 heteroatoms. The molecule has 4 atom stereocenters. The maximum atomic E-state index is 14.4. The van der Waals surface area contributed by atoms with E-state index in [1.165, 1.54) is 21.4 Å². The Morgan fingerprint density at radius 3 is 2.19 bits per heavy atom. The fourth-order valence-electron chi connectivity index (χ4n) is 7.16. The van der Waals surface area contributed by atoms with Crippen molar-refractivity contribution in [3.63, 3.8) is 0 Å². The third kappa shape index (κ3) is 3.38. The first-order chi connectivity index (χ1) is 20.3. The van der Waals surface area contributed by atoms with E-state index in [0.29, 0.717) is 16.9 Å². The van der Waals surface area contributed by atoms with Gasteiger partial charge in [0.2, 0.25) is 11.8 Å². The molecular formula is C32H28N4O6. The van der Waals surface area contributed by atoms with Crippen molar-refractivity contribution in [2.45, 2.75) is 31.8 Å². The van der Waals surface area contributed by atoms with Gasteiger partial charge in [-0.2, -0.15) is 0 Å². The lowest BCUT2D eigenvalue weighted by molar-refractivity contribution is -0.129. The average molecular weight is 565 g/mol. The number of nitrogens with zero attached hydrogens (tertiary/aromatic N) is 4. The van der Waals surface area contributed by atoms with E-state index in [0.717, 1.165) is 10.1 Å². The number of phenols is 1. The smallest absolute Gasteiger partial charge is 0.352 e. The van der Waals surface area contributed by atoms with E-state index >= 15 is 0 Å². The van der Waals surface area contributed by atoms with Gasteiger partial charge in [-0.1, -0.05) is 48.5 Å². The molecule has 212 valence electrons. The highest BCUT2D eigenvalue weighted by Gasteiger charge is 2.65. The maximum Gasteiger partial charge on any atom is 0.352 e. The maximum absolute atomic E-state index is 14.4. The van der Waals surface area contributed by atoms with E-state index in [2.05, 4.69) is 0 Å². The van der Waals surface area contributed by atoms with Crippen LogP contribution in [-0.2, 0) is 16.1 Å². The molecule has 0 unspecified atom stereocenters. The van der Waals surface area contributed by atoms with E-state index in [1.54, 1.807) is 79.7 Å². The number of carbonyl (C=O) groups excluding carboxylic acids is 2. The third-order valence-electron chi connectivity index (χ3n) is 9.10. The number of carbonyl (C=O) groups is 2. The lowest BCUT2D eigenvalue weighted by Gasteiger charge is -2.47. The topological polar surface area (TPSA) is 116 Å². The normalized spacial score (nSPS) is 24.6. The van der Waals surface area contributed by atoms with Crippen LogP contribution in [0.2, 0.25) is 0 Å². The number of fused-ring (bicyclic) bond motifs is 4. The molecule has 0 spiro atoms. The number of hydrogen-bond donors (Lipinski definition) is 1. The van der Waals surface area contributed by atoms with Gasteiger partial charge >= 0.3 is 11.4 Å². The predicted octanol–water partition coefficient (Wildman–Crippen LogP) is 3.38. The van der Waals surface area contributed by atoms with Crippen LogP contribution in [0, 0.1) is 11.3 Å². The van der Waals surface area contributed by atoms with Gasteiger partial charge in [0.25, 0.3) is 0 Å². The van der Waals surface area contributed by atoms with Crippen LogP contribution in [0.15, 0.2) is 100 Å². The fraction of sp³-hybridized carbons (Fsp3) is 0.250. The van der Waals surface area contributed by atoms with Crippen LogP contribution in [0.5, 0.6) is 11.5 Å².